The lowest BCUT2D eigenvalue weighted by atomic mass is 10.2. The number of benzene rings is 1. The number of rotatable bonds is 5. The Balaban J connectivity index is 2.68. The van der Waals surface area contributed by atoms with Crippen LogP contribution >= 0.6 is 0 Å². The molecule has 1 N–H and O–H groups in total. The number of carbonyl (C=O) groups is 1. The number of aryl methyl sites for hydroxylation is 1. The number of terminal acetylenes is 1. The largest absolute Gasteiger partial charge is 0.482 e. The molecule has 4 heteroatoms. The van der Waals surface area contributed by atoms with E-state index in [1.165, 1.54) is 0 Å². The molecule has 0 bridgehead atoms. The molecule has 84 valence electrons. The standard InChI is InChI=1S/C12H12O4/c1-3-6-15-10-4-5-11(9(2)7-10)16-8-12(13)14/h1,4-5,7H,6,8H2,2H3,(H,13,14). The summed E-state index contributed by atoms with van der Waals surface area (Å²) >= 11 is 0. The van der Waals surface area contributed by atoms with E-state index < -0.39 is 5.97 Å². The lowest BCUT2D eigenvalue weighted by molar-refractivity contribution is -0.139. The molecule has 0 radical (unpaired) electrons. The molecule has 0 heterocycles. The normalized spacial score (nSPS) is 9.25. The van der Waals surface area contributed by atoms with E-state index in [1.54, 1.807) is 25.1 Å². The lowest BCUT2D eigenvalue weighted by Gasteiger charge is -2.09. The van der Waals surface area contributed by atoms with Crippen LogP contribution in [0.15, 0.2) is 18.2 Å². The predicted octanol–water partition coefficient (Wildman–Crippen LogP) is 1.47. The van der Waals surface area contributed by atoms with Crippen molar-refractivity contribution in [2.75, 3.05) is 13.2 Å². The second-order valence-electron chi connectivity index (χ2n) is 3.10. The minimum absolute atomic E-state index is 0.203. The van der Waals surface area contributed by atoms with E-state index in [-0.39, 0.29) is 13.2 Å². The van der Waals surface area contributed by atoms with E-state index >= 15 is 0 Å². The fourth-order valence-electron chi connectivity index (χ4n) is 1.14. The molecule has 16 heavy (non-hydrogen) atoms. The molecule has 0 saturated carbocycles. The average molecular weight is 220 g/mol. The molecule has 0 amide bonds. The maximum Gasteiger partial charge on any atom is 0.341 e. The Bertz CT molecular complexity index is 418. The van der Waals surface area contributed by atoms with Gasteiger partial charge in [0.05, 0.1) is 0 Å². The Labute approximate surface area is 93.8 Å². The monoisotopic (exact) mass is 220 g/mol. The van der Waals surface area contributed by atoms with E-state index in [1.807, 2.05) is 0 Å². The molecule has 0 atom stereocenters. The highest BCUT2D eigenvalue weighted by atomic mass is 16.5. The molecular formula is C12H12O4. The van der Waals surface area contributed by atoms with Gasteiger partial charge in [-0.3, -0.25) is 0 Å². The highest BCUT2D eigenvalue weighted by Crippen LogP contribution is 2.23. The van der Waals surface area contributed by atoms with Crippen molar-refractivity contribution in [3.05, 3.63) is 23.8 Å². The lowest BCUT2D eigenvalue weighted by Crippen LogP contribution is -2.10. The fraction of sp³-hybridized carbons (Fsp3) is 0.250. The first-order chi connectivity index (χ1) is 7.63. The fourth-order valence-corrected chi connectivity index (χ4v) is 1.14. The first kappa shape index (κ1) is 11.9. The van der Waals surface area contributed by atoms with E-state index in [4.69, 9.17) is 21.0 Å². The molecule has 0 aliphatic carbocycles. The summed E-state index contributed by atoms with van der Waals surface area (Å²) in [6.07, 6.45) is 5.06. The van der Waals surface area contributed by atoms with E-state index in [0.29, 0.717) is 11.5 Å². The molecule has 1 aromatic rings. The summed E-state index contributed by atoms with van der Waals surface area (Å²) in [5.74, 6) is 2.51. The molecule has 0 unspecified atom stereocenters. The number of carboxylic acid groups (broad SMARTS) is 1. The van der Waals surface area contributed by atoms with Crippen LogP contribution in [-0.4, -0.2) is 24.3 Å². The van der Waals surface area contributed by atoms with Gasteiger partial charge in [-0.2, -0.15) is 0 Å². The third-order valence-electron chi connectivity index (χ3n) is 1.82. The van der Waals surface area contributed by atoms with Crippen molar-refractivity contribution in [3.8, 4) is 23.8 Å². The number of aliphatic carboxylic acids is 1. The van der Waals surface area contributed by atoms with Crippen molar-refractivity contribution >= 4 is 5.97 Å². The molecular weight excluding hydrogens is 208 g/mol. The maximum absolute atomic E-state index is 10.3. The predicted molar refractivity (Wildman–Crippen MR) is 58.6 cm³/mol. The van der Waals surface area contributed by atoms with Crippen molar-refractivity contribution in [2.24, 2.45) is 0 Å². The first-order valence-electron chi connectivity index (χ1n) is 4.65. The van der Waals surface area contributed by atoms with Crippen LogP contribution in [0, 0.1) is 19.3 Å². The quantitative estimate of drug-likeness (QED) is 0.763. The Morgan fingerprint density at radius 2 is 2.25 bits per heavy atom. The molecule has 4 nitrogen and oxygen atoms in total. The molecule has 0 fully saturated rings. The molecule has 0 aliphatic rings. The topological polar surface area (TPSA) is 55.8 Å². The molecule has 1 aromatic carbocycles. The number of hydrogen-bond donors (Lipinski definition) is 1. The minimum atomic E-state index is -1.01. The van der Waals surface area contributed by atoms with Crippen LogP contribution in [0.3, 0.4) is 0 Å². The van der Waals surface area contributed by atoms with Crippen molar-refractivity contribution < 1.29 is 19.4 Å². The van der Waals surface area contributed by atoms with Gasteiger partial charge in [0, 0.05) is 0 Å². The summed E-state index contributed by atoms with van der Waals surface area (Å²) in [5, 5.41) is 8.46. The van der Waals surface area contributed by atoms with Crippen molar-refractivity contribution in [2.45, 2.75) is 6.92 Å². The maximum atomic E-state index is 10.3. The van der Waals surface area contributed by atoms with Crippen LogP contribution in [0.5, 0.6) is 11.5 Å². The first-order valence-corrected chi connectivity index (χ1v) is 4.65. The van der Waals surface area contributed by atoms with Gasteiger partial charge in [-0.05, 0) is 30.7 Å². The second kappa shape index (κ2) is 5.66. The third-order valence-corrected chi connectivity index (χ3v) is 1.82. The molecule has 0 saturated heterocycles. The zero-order valence-electron chi connectivity index (χ0n) is 8.90. The molecule has 0 spiro atoms. The number of ether oxygens (including phenoxy) is 2. The number of hydrogen-bond acceptors (Lipinski definition) is 3. The van der Waals surface area contributed by atoms with Gasteiger partial charge in [0.1, 0.15) is 18.1 Å². The Hall–Kier alpha value is -2.15. The molecule has 0 aliphatic heterocycles. The number of carboxylic acids is 1. The Morgan fingerprint density at radius 3 is 2.81 bits per heavy atom. The van der Waals surface area contributed by atoms with Gasteiger partial charge in [0.25, 0.3) is 0 Å². The van der Waals surface area contributed by atoms with Crippen molar-refractivity contribution in [3.63, 3.8) is 0 Å². The summed E-state index contributed by atoms with van der Waals surface area (Å²) in [7, 11) is 0. The van der Waals surface area contributed by atoms with Crippen LogP contribution in [0.2, 0.25) is 0 Å². The van der Waals surface area contributed by atoms with Gasteiger partial charge >= 0.3 is 5.97 Å². The van der Waals surface area contributed by atoms with Gasteiger partial charge < -0.3 is 14.6 Å². The van der Waals surface area contributed by atoms with Crippen molar-refractivity contribution in [1.29, 1.82) is 0 Å². The minimum Gasteiger partial charge on any atom is -0.482 e. The third kappa shape index (κ3) is 3.54. The van der Waals surface area contributed by atoms with Crippen LogP contribution in [0.1, 0.15) is 5.56 Å². The Kier molecular flexibility index (Phi) is 4.22. The zero-order valence-corrected chi connectivity index (χ0v) is 8.90. The van der Waals surface area contributed by atoms with Gasteiger partial charge in [-0.25, -0.2) is 4.79 Å². The van der Waals surface area contributed by atoms with E-state index in [0.717, 1.165) is 5.56 Å². The Morgan fingerprint density at radius 1 is 1.50 bits per heavy atom. The summed E-state index contributed by atoms with van der Waals surface area (Å²) in [6.45, 7) is 1.65. The highest BCUT2D eigenvalue weighted by molar-refractivity contribution is 5.68. The van der Waals surface area contributed by atoms with Gasteiger partial charge in [0.15, 0.2) is 6.61 Å². The van der Waals surface area contributed by atoms with Gasteiger partial charge in [0.2, 0.25) is 0 Å². The van der Waals surface area contributed by atoms with Gasteiger partial charge in [-0.1, -0.05) is 5.92 Å². The summed E-state index contributed by atoms with van der Waals surface area (Å²) in [4.78, 5) is 10.3. The van der Waals surface area contributed by atoms with E-state index in [2.05, 4.69) is 5.92 Å². The van der Waals surface area contributed by atoms with Gasteiger partial charge in [-0.15, -0.1) is 6.42 Å². The van der Waals surface area contributed by atoms with E-state index in [9.17, 15) is 4.79 Å². The zero-order chi connectivity index (χ0) is 12.0. The van der Waals surface area contributed by atoms with Crippen LogP contribution in [0.4, 0.5) is 0 Å². The molecule has 0 aromatic heterocycles. The summed E-state index contributed by atoms with van der Waals surface area (Å²) in [6, 6.07) is 5.08. The van der Waals surface area contributed by atoms with Crippen LogP contribution in [0.25, 0.3) is 0 Å². The smallest absolute Gasteiger partial charge is 0.341 e. The SMILES string of the molecule is C#CCOc1ccc(OCC(=O)O)c(C)c1. The van der Waals surface area contributed by atoms with Crippen molar-refractivity contribution in [1.82, 2.24) is 0 Å². The van der Waals surface area contributed by atoms with Crippen LogP contribution in [-0.2, 0) is 4.79 Å². The summed E-state index contributed by atoms with van der Waals surface area (Å²) < 4.78 is 10.3. The average Bonchev–Trinajstić information content (AvgIpc) is 2.24. The molecule has 1 rings (SSSR count). The van der Waals surface area contributed by atoms with Crippen LogP contribution < -0.4 is 9.47 Å². The second-order valence-corrected chi connectivity index (χ2v) is 3.10. The highest BCUT2D eigenvalue weighted by Gasteiger charge is 2.04. The summed E-state index contributed by atoms with van der Waals surface area (Å²) in [5.41, 5.74) is 0.802.